The smallest absolute Gasteiger partial charge is 0.335 e. The van der Waals surface area contributed by atoms with Crippen LogP contribution in [0, 0.1) is 6.92 Å². The lowest BCUT2D eigenvalue weighted by Crippen LogP contribution is -2.39. The first-order valence-corrected chi connectivity index (χ1v) is 4.78. The Balaban J connectivity index is 0.000000315. The molecule has 0 spiro atoms. The van der Waals surface area contributed by atoms with Crippen LogP contribution < -0.4 is 0 Å². The molecule has 1 aromatic rings. The molecule has 8 nitrogen and oxygen atoms in total. The predicted molar refractivity (Wildman–Crippen MR) is 51.9 cm³/mol. The number of carboxylic acids is 2. The number of aromatic nitrogens is 2. The maximum atomic E-state index is 9.77. The molecule has 9 heteroatoms. The van der Waals surface area contributed by atoms with E-state index >= 15 is 0 Å². The Morgan fingerprint density at radius 2 is 1.69 bits per heavy atom. The van der Waals surface area contributed by atoms with Gasteiger partial charge in [0.05, 0.1) is 0 Å². The van der Waals surface area contributed by atoms with E-state index in [0.717, 1.165) is 5.01 Å². The second kappa shape index (κ2) is 6.82. The van der Waals surface area contributed by atoms with Gasteiger partial charge in [0.25, 0.3) is 0 Å². The van der Waals surface area contributed by atoms with Gasteiger partial charge in [0, 0.05) is 0 Å². The largest absolute Gasteiger partial charge is 0.479 e. The monoisotopic (exact) mass is 250 g/mol. The van der Waals surface area contributed by atoms with Gasteiger partial charge in [-0.2, -0.15) is 0 Å². The first-order chi connectivity index (χ1) is 7.36. The van der Waals surface area contributed by atoms with Gasteiger partial charge in [0.1, 0.15) is 10.5 Å². The van der Waals surface area contributed by atoms with Crippen molar-refractivity contribution in [3.05, 3.63) is 10.5 Å². The summed E-state index contributed by atoms with van der Waals surface area (Å²) in [4.78, 5) is 19.5. The number of carboxylic acid groups (broad SMARTS) is 2. The Labute approximate surface area is 93.8 Å². The molecule has 0 bridgehead atoms. The number of nitrogens with zero attached hydrogens (tertiary/aromatic N) is 2. The molecule has 0 unspecified atom stereocenters. The van der Waals surface area contributed by atoms with Crippen molar-refractivity contribution in [2.75, 3.05) is 0 Å². The van der Waals surface area contributed by atoms with Crippen LogP contribution in [0.2, 0.25) is 0 Å². The fraction of sp³-hybridized carbons (Fsp3) is 0.429. The maximum absolute atomic E-state index is 9.77. The molecule has 0 saturated carbocycles. The molecule has 1 aromatic heterocycles. The highest BCUT2D eigenvalue weighted by molar-refractivity contribution is 7.09. The van der Waals surface area contributed by atoms with E-state index in [1.165, 1.54) is 0 Å². The van der Waals surface area contributed by atoms with E-state index in [-0.39, 0.29) is 0 Å². The Bertz CT molecular complexity index is 323. The average molecular weight is 250 g/mol. The number of aryl methyl sites for hydroxylation is 1. The molecule has 2 atom stereocenters. The van der Waals surface area contributed by atoms with Gasteiger partial charge >= 0.3 is 11.9 Å². The third-order valence-corrected chi connectivity index (χ3v) is 1.90. The van der Waals surface area contributed by atoms with Crippen molar-refractivity contribution in [3.63, 3.8) is 0 Å². The van der Waals surface area contributed by atoms with Crippen LogP contribution in [0.25, 0.3) is 0 Å². The van der Waals surface area contributed by atoms with E-state index < -0.39 is 24.1 Å². The van der Waals surface area contributed by atoms with Gasteiger partial charge in [-0.05, 0) is 6.92 Å². The minimum absolute atomic E-state index is 1.02. The van der Waals surface area contributed by atoms with Crippen molar-refractivity contribution in [1.29, 1.82) is 0 Å². The summed E-state index contributed by atoms with van der Waals surface area (Å²) in [6.45, 7) is 1.93. The fourth-order valence-corrected chi connectivity index (χ4v) is 0.840. The van der Waals surface area contributed by atoms with Gasteiger partial charge in [0.15, 0.2) is 12.2 Å². The zero-order valence-corrected chi connectivity index (χ0v) is 8.96. The standard InChI is InChI=1S/C4H6O6.C3H4N2S/c5-1(3(7)8)2(6)4(9)10;1-3-5-4-2-6-3/h1-2,5-6H,(H,7,8)(H,9,10);2H,1H3/t1-,2-;/m1./s1. The molecule has 0 aliphatic rings. The lowest BCUT2D eigenvalue weighted by Gasteiger charge is -2.07. The molecule has 0 aliphatic heterocycles. The van der Waals surface area contributed by atoms with Gasteiger partial charge in [-0.15, -0.1) is 21.5 Å². The van der Waals surface area contributed by atoms with Gasteiger partial charge in [-0.1, -0.05) is 0 Å². The molecule has 90 valence electrons. The summed E-state index contributed by atoms with van der Waals surface area (Å²) in [6.07, 6.45) is -4.53. The lowest BCUT2D eigenvalue weighted by atomic mass is 10.2. The van der Waals surface area contributed by atoms with Crippen molar-refractivity contribution in [2.45, 2.75) is 19.1 Å². The summed E-state index contributed by atoms with van der Waals surface area (Å²) >= 11 is 1.56. The molecule has 0 aliphatic carbocycles. The predicted octanol–water partition coefficient (Wildman–Crippen LogP) is -1.28. The number of aliphatic hydroxyl groups is 2. The number of aliphatic carboxylic acids is 2. The highest BCUT2D eigenvalue weighted by Gasteiger charge is 2.29. The van der Waals surface area contributed by atoms with Gasteiger partial charge in [0.2, 0.25) is 0 Å². The fourth-order valence-electron chi connectivity index (χ4n) is 0.498. The lowest BCUT2D eigenvalue weighted by molar-refractivity contribution is -0.165. The van der Waals surface area contributed by atoms with Crippen molar-refractivity contribution in [2.24, 2.45) is 0 Å². The van der Waals surface area contributed by atoms with E-state index in [4.69, 9.17) is 20.4 Å². The van der Waals surface area contributed by atoms with Crippen LogP contribution in [0.5, 0.6) is 0 Å². The highest BCUT2D eigenvalue weighted by atomic mass is 32.1. The van der Waals surface area contributed by atoms with Crippen LogP contribution in [-0.4, -0.2) is 54.8 Å². The molecule has 1 heterocycles. The van der Waals surface area contributed by atoms with Crippen molar-refractivity contribution in [1.82, 2.24) is 10.2 Å². The van der Waals surface area contributed by atoms with Crippen molar-refractivity contribution in [3.8, 4) is 0 Å². The maximum Gasteiger partial charge on any atom is 0.335 e. The summed E-state index contributed by atoms with van der Waals surface area (Å²) in [5.41, 5.74) is 1.72. The summed E-state index contributed by atoms with van der Waals surface area (Å²) in [5, 5.41) is 40.8. The van der Waals surface area contributed by atoms with E-state index in [2.05, 4.69) is 10.2 Å². The van der Waals surface area contributed by atoms with Crippen LogP contribution in [0.1, 0.15) is 5.01 Å². The number of hydrogen-bond donors (Lipinski definition) is 4. The number of carbonyl (C=O) groups is 2. The van der Waals surface area contributed by atoms with Gasteiger partial charge in [-0.25, -0.2) is 9.59 Å². The van der Waals surface area contributed by atoms with Crippen LogP contribution in [0.15, 0.2) is 5.51 Å². The normalized spacial score (nSPS) is 13.2. The van der Waals surface area contributed by atoms with Crippen LogP contribution in [-0.2, 0) is 9.59 Å². The molecule has 4 N–H and O–H groups in total. The zero-order valence-electron chi connectivity index (χ0n) is 8.14. The Hall–Kier alpha value is -1.58. The van der Waals surface area contributed by atoms with Gasteiger partial charge < -0.3 is 20.4 Å². The Morgan fingerprint density at radius 1 is 1.25 bits per heavy atom. The third kappa shape index (κ3) is 5.34. The molecular weight excluding hydrogens is 240 g/mol. The van der Waals surface area contributed by atoms with E-state index in [0.29, 0.717) is 0 Å². The SMILES string of the molecule is Cc1nncs1.O=C(O)[C@H](O)[C@@H](O)C(=O)O. The second-order valence-corrected chi connectivity index (χ2v) is 3.56. The molecule has 16 heavy (non-hydrogen) atoms. The Kier molecular flexibility index (Phi) is 6.15. The van der Waals surface area contributed by atoms with Gasteiger partial charge in [-0.3, -0.25) is 0 Å². The van der Waals surface area contributed by atoms with Crippen LogP contribution in [0.4, 0.5) is 0 Å². The minimum atomic E-state index is -2.27. The topological polar surface area (TPSA) is 141 Å². The minimum Gasteiger partial charge on any atom is -0.479 e. The molecule has 0 radical (unpaired) electrons. The molecule has 0 saturated heterocycles. The second-order valence-electron chi connectivity index (χ2n) is 2.52. The summed E-state index contributed by atoms with van der Waals surface area (Å²) in [7, 11) is 0. The summed E-state index contributed by atoms with van der Waals surface area (Å²) in [6, 6.07) is 0. The van der Waals surface area contributed by atoms with Crippen LogP contribution in [0.3, 0.4) is 0 Å². The molecule has 0 aromatic carbocycles. The number of rotatable bonds is 3. The van der Waals surface area contributed by atoms with Crippen LogP contribution >= 0.6 is 11.3 Å². The molecule has 0 amide bonds. The molecule has 1 rings (SSSR count). The highest BCUT2D eigenvalue weighted by Crippen LogP contribution is 1.94. The van der Waals surface area contributed by atoms with E-state index in [1.807, 2.05) is 6.92 Å². The van der Waals surface area contributed by atoms with Crippen molar-refractivity contribution >= 4 is 23.3 Å². The van der Waals surface area contributed by atoms with E-state index in [1.54, 1.807) is 16.8 Å². The first kappa shape index (κ1) is 14.4. The van der Waals surface area contributed by atoms with E-state index in [9.17, 15) is 9.59 Å². The summed E-state index contributed by atoms with van der Waals surface area (Å²) in [5.74, 6) is -3.54. The van der Waals surface area contributed by atoms with Crippen molar-refractivity contribution < 1.29 is 30.0 Å². The molecular formula is C7H10N2O6S. The average Bonchev–Trinajstić information content (AvgIpc) is 2.67. The first-order valence-electron chi connectivity index (χ1n) is 3.90. The third-order valence-electron chi connectivity index (χ3n) is 1.27. The molecule has 0 fully saturated rings. The number of hydrogen-bond acceptors (Lipinski definition) is 7. The number of aliphatic hydroxyl groups excluding tert-OH is 2. The Morgan fingerprint density at radius 3 is 1.81 bits per heavy atom. The quantitative estimate of drug-likeness (QED) is 0.520. The summed E-state index contributed by atoms with van der Waals surface area (Å²) < 4.78 is 0. The zero-order chi connectivity index (χ0) is 12.7.